The third-order valence-corrected chi connectivity index (χ3v) is 5.83. The van der Waals surface area contributed by atoms with E-state index in [1.165, 1.54) is 0 Å². The zero-order valence-corrected chi connectivity index (χ0v) is 18.4. The molecule has 2 aliphatic rings. The third kappa shape index (κ3) is 5.47. The Labute approximate surface area is 184 Å². The summed E-state index contributed by atoms with van der Waals surface area (Å²) in [5.41, 5.74) is 1.05. The van der Waals surface area contributed by atoms with E-state index in [4.69, 9.17) is 9.47 Å². The van der Waals surface area contributed by atoms with Crippen molar-refractivity contribution in [3.05, 3.63) is 48.2 Å². The van der Waals surface area contributed by atoms with Gasteiger partial charge in [0, 0.05) is 38.8 Å². The van der Waals surface area contributed by atoms with E-state index in [1.807, 2.05) is 42.6 Å². The molecule has 0 spiro atoms. The lowest BCUT2D eigenvalue weighted by Gasteiger charge is -2.35. The van der Waals surface area contributed by atoms with E-state index >= 15 is 0 Å². The fraction of sp³-hybridized carbons (Fsp3) is 0.500. The molecule has 0 radical (unpaired) electrons. The molecule has 1 fully saturated rings. The monoisotopic (exact) mass is 424 g/mol. The lowest BCUT2D eigenvalue weighted by Crippen LogP contribution is -2.50. The van der Waals surface area contributed by atoms with Crippen molar-refractivity contribution in [1.82, 2.24) is 15.2 Å². The van der Waals surface area contributed by atoms with E-state index in [9.17, 15) is 4.79 Å². The standard InChI is InChI=1S/C24H32N4O3/c1-18(2)24(19-7-8-20-21(16-19)31-15-5-14-30-20)26-23(29)17-27-10-12-28(13-11-27)22-6-3-4-9-25-22/h3-4,6-9,16,18,24H,5,10-15,17H2,1-2H3,(H,26,29). The van der Waals surface area contributed by atoms with Gasteiger partial charge in [-0.15, -0.1) is 0 Å². The molecule has 1 atom stereocenters. The first-order chi connectivity index (χ1) is 15.1. The number of nitrogens with one attached hydrogen (secondary N) is 1. The fourth-order valence-electron chi connectivity index (χ4n) is 4.11. The molecule has 7 nitrogen and oxygen atoms in total. The van der Waals surface area contributed by atoms with Gasteiger partial charge in [0.2, 0.25) is 5.91 Å². The number of rotatable bonds is 6. The van der Waals surface area contributed by atoms with Crippen molar-refractivity contribution in [3.63, 3.8) is 0 Å². The fourth-order valence-corrected chi connectivity index (χ4v) is 4.11. The summed E-state index contributed by atoms with van der Waals surface area (Å²) in [5.74, 6) is 2.86. The van der Waals surface area contributed by atoms with Crippen molar-refractivity contribution in [1.29, 1.82) is 0 Å². The quantitative estimate of drug-likeness (QED) is 0.769. The second-order valence-electron chi connectivity index (χ2n) is 8.50. The van der Waals surface area contributed by atoms with Gasteiger partial charge >= 0.3 is 0 Å². The van der Waals surface area contributed by atoms with Gasteiger partial charge in [-0.3, -0.25) is 9.69 Å². The molecule has 2 aliphatic heterocycles. The SMILES string of the molecule is CC(C)C(NC(=O)CN1CCN(c2ccccn2)CC1)c1ccc2c(c1)OCCCO2. The molecule has 166 valence electrons. The number of anilines is 1. The Kier molecular flexibility index (Phi) is 6.92. The molecule has 0 bridgehead atoms. The van der Waals surface area contributed by atoms with E-state index in [-0.39, 0.29) is 17.9 Å². The molecule has 0 saturated carbocycles. The molecule has 0 aliphatic carbocycles. The van der Waals surface area contributed by atoms with Crippen LogP contribution in [0.25, 0.3) is 0 Å². The molecule has 4 rings (SSSR count). The van der Waals surface area contributed by atoms with Crippen molar-refractivity contribution < 1.29 is 14.3 Å². The lowest BCUT2D eigenvalue weighted by molar-refractivity contribution is -0.123. The maximum Gasteiger partial charge on any atom is 0.234 e. The number of aromatic nitrogens is 1. The molecule has 1 aromatic carbocycles. The van der Waals surface area contributed by atoms with Crippen LogP contribution in [-0.4, -0.2) is 61.7 Å². The summed E-state index contributed by atoms with van der Waals surface area (Å²) >= 11 is 0. The van der Waals surface area contributed by atoms with Crippen LogP contribution in [0.15, 0.2) is 42.6 Å². The van der Waals surface area contributed by atoms with Crippen molar-refractivity contribution in [3.8, 4) is 11.5 Å². The van der Waals surface area contributed by atoms with Crippen LogP contribution in [0.1, 0.15) is 31.9 Å². The van der Waals surface area contributed by atoms with E-state index in [1.54, 1.807) is 0 Å². The van der Waals surface area contributed by atoms with Crippen LogP contribution >= 0.6 is 0 Å². The highest BCUT2D eigenvalue weighted by Gasteiger charge is 2.24. The van der Waals surface area contributed by atoms with Gasteiger partial charge < -0.3 is 19.7 Å². The number of pyridine rings is 1. The minimum atomic E-state index is -0.0699. The number of benzene rings is 1. The Morgan fingerprint density at radius 1 is 1.06 bits per heavy atom. The van der Waals surface area contributed by atoms with E-state index in [0.717, 1.165) is 55.5 Å². The van der Waals surface area contributed by atoms with Crippen molar-refractivity contribution >= 4 is 11.7 Å². The highest BCUT2D eigenvalue weighted by molar-refractivity contribution is 5.78. The zero-order valence-electron chi connectivity index (χ0n) is 18.4. The van der Waals surface area contributed by atoms with Gasteiger partial charge in [0.15, 0.2) is 11.5 Å². The third-order valence-electron chi connectivity index (χ3n) is 5.83. The zero-order chi connectivity index (χ0) is 21.6. The predicted octanol–water partition coefficient (Wildman–Crippen LogP) is 2.88. The Bertz CT molecular complexity index is 866. The van der Waals surface area contributed by atoms with Crippen LogP contribution in [0.2, 0.25) is 0 Å². The number of amides is 1. The minimum Gasteiger partial charge on any atom is -0.490 e. The van der Waals surface area contributed by atoms with Gasteiger partial charge in [-0.25, -0.2) is 4.98 Å². The second-order valence-corrected chi connectivity index (χ2v) is 8.50. The van der Waals surface area contributed by atoms with Gasteiger partial charge in [0.05, 0.1) is 25.8 Å². The van der Waals surface area contributed by atoms with Crippen LogP contribution in [0.4, 0.5) is 5.82 Å². The predicted molar refractivity (Wildman–Crippen MR) is 121 cm³/mol. The summed E-state index contributed by atoms with van der Waals surface area (Å²) < 4.78 is 11.6. The maximum atomic E-state index is 12.9. The number of carbonyl (C=O) groups excluding carboxylic acids is 1. The number of hydrogen-bond donors (Lipinski definition) is 1. The molecule has 7 heteroatoms. The Morgan fingerprint density at radius 3 is 2.55 bits per heavy atom. The van der Waals surface area contributed by atoms with Crippen molar-refractivity contribution in [2.45, 2.75) is 26.3 Å². The van der Waals surface area contributed by atoms with Gasteiger partial charge in [0.25, 0.3) is 0 Å². The van der Waals surface area contributed by atoms with Crippen LogP contribution in [0, 0.1) is 5.92 Å². The number of carbonyl (C=O) groups is 1. The summed E-state index contributed by atoms with van der Waals surface area (Å²) in [6, 6.07) is 11.9. The van der Waals surface area contributed by atoms with Gasteiger partial charge in [0.1, 0.15) is 5.82 Å². The van der Waals surface area contributed by atoms with E-state index in [2.05, 4.69) is 33.9 Å². The van der Waals surface area contributed by atoms with E-state index in [0.29, 0.717) is 19.8 Å². The molecular formula is C24H32N4O3. The molecule has 2 aromatic rings. The molecule has 31 heavy (non-hydrogen) atoms. The first-order valence-corrected chi connectivity index (χ1v) is 11.2. The summed E-state index contributed by atoms with van der Waals surface area (Å²) in [7, 11) is 0. The topological polar surface area (TPSA) is 66.9 Å². The van der Waals surface area contributed by atoms with Gasteiger partial charge in [-0.2, -0.15) is 0 Å². The molecular weight excluding hydrogens is 392 g/mol. The first kappa shape index (κ1) is 21.4. The molecule has 1 saturated heterocycles. The number of hydrogen-bond acceptors (Lipinski definition) is 6. The van der Waals surface area contributed by atoms with Crippen molar-refractivity contribution in [2.24, 2.45) is 5.92 Å². The average molecular weight is 425 g/mol. The number of fused-ring (bicyclic) bond motifs is 1. The Balaban J connectivity index is 1.34. The first-order valence-electron chi connectivity index (χ1n) is 11.2. The summed E-state index contributed by atoms with van der Waals surface area (Å²) in [6.07, 6.45) is 2.70. The smallest absolute Gasteiger partial charge is 0.234 e. The minimum absolute atomic E-state index is 0.0529. The summed E-state index contributed by atoms with van der Waals surface area (Å²) in [6.45, 7) is 9.42. The number of ether oxygens (including phenoxy) is 2. The maximum absolute atomic E-state index is 12.9. The Hall–Kier alpha value is -2.80. The highest BCUT2D eigenvalue weighted by Crippen LogP contribution is 2.34. The van der Waals surface area contributed by atoms with Gasteiger partial charge in [-0.05, 0) is 35.7 Å². The summed E-state index contributed by atoms with van der Waals surface area (Å²) in [4.78, 5) is 21.8. The molecule has 1 amide bonds. The van der Waals surface area contributed by atoms with Crippen molar-refractivity contribution in [2.75, 3.05) is 50.8 Å². The van der Waals surface area contributed by atoms with Gasteiger partial charge in [-0.1, -0.05) is 26.0 Å². The number of nitrogens with zero attached hydrogens (tertiary/aromatic N) is 3. The van der Waals surface area contributed by atoms with Crippen LogP contribution < -0.4 is 19.7 Å². The highest BCUT2D eigenvalue weighted by atomic mass is 16.5. The summed E-state index contributed by atoms with van der Waals surface area (Å²) in [5, 5.41) is 3.24. The van der Waals surface area contributed by atoms with Crippen LogP contribution in [-0.2, 0) is 4.79 Å². The normalized spacial score (nSPS) is 17.8. The Morgan fingerprint density at radius 2 is 1.84 bits per heavy atom. The second kappa shape index (κ2) is 10.0. The molecule has 1 N–H and O–H groups in total. The lowest BCUT2D eigenvalue weighted by atomic mass is 9.95. The number of piperazine rings is 1. The average Bonchev–Trinajstić information content (AvgIpc) is 3.03. The van der Waals surface area contributed by atoms with Crippen LogP contribution in [0.3, 0.4) is 0 Å². The molecule has 1 aromatic heterocycles. The van der Waals surface area contributed by atoms with Crippen LogP contribution in [0.5, 0.6) is 11.5 Å². The van der Waals surface area contributed by atoms with E-state index < -0.39 is 0 Å². The largest absolute Gasteiger partial charge is 0.490 e. The molecule has 1 unspecified atom stereocenters. The molecule has 3 heterocycles.